The lowest BCUT2D eigenvalue weighted by Gasteiger charge is -2.12. The van der Waals surface area contributed by atoms with Gasteiger partial charge < -0.3 is 4.74 Å². The second kappa shape index (κ2) is 9.48. The molecule has 4 rings (SSSR count). The van der Waals surface area contributed by atoms with Crippen LogP contribution in [0.4, 0.5) is 13.2 Å². The fraction of sp³-hybridized carbons (Fsp3) is 0.167. The molecule has 164 valence electrons. The molecule has 0 aliphatic heterocycles. The van der Waals surface area contributed by atoms with Crippen LogP contribution in [0.2, 0.25) is 0 Å². The number of ether oxygens (including phenoxy) is 1. The summed E-state index contributed by atoms with van der Waals surface area (Å²) in [4.78, 5) is 0. The first kappa shape index (κ1) is 22.0. The molecule has 1 aromatic heterocycles. The van der Waals surface area contributed by atoms with E-state index in [1.165, 1.54) is 17.8 Å². The molecule has 0 atom stereocenters. The number of rotatable bonds is 7. The van der Waals surface area contributed by atoms with Gasteiger partial charge in [0.1, 0.15) is 12.4 Å². The summed E-state index contributed by atoms with van der Waals surface area (Å²) in [5, 5.41) is 9.14. The Labute approximate surface area is 188 Å². The van der Waals surface area contributed by atoms with Gasteiger partial charge >= 0.3 is 6.18 Å². The first-order valence-electron chi connectivity index (χ1n) is 9.88. The summed E-state index contributed by atoms with van der Waals surface area (Å²) in [6, 6.07) is 22.6. The minimum Gasteiger partial charge on any atom is -0.486 e. The van der Waals surface area contributed by atoms with E-state index in [9.17, 15) is 13.2 Å². The average molecular weight is 456 g/mol. The van der Waals surface area contributed by atoms with Gasteiger partial charge in [-0.3, -0.25) is 4.57 Å². The Hall–Kier alpha value is -3.26. The lowest BCUT2D eigenvalue weighted by Crippen LogP contribution is -2.07. The van der Waals surface area contributed by atoms with Crippen molar-refractivity contribution in [3.8, 4) is 11.4 Å². The van der Waals surface area contributed by atoms with Gasteiger partial charge in [-0.2, -0.15) is 13.2 Å². The zero-order valence-corrected chi connectivity index (χ0v) is 18.0. The van der Waals surface area contributed by atoms with Gasteiger partial charge in [-0.25, -0.2) is 0 Å². The predicted molar refractivity (Wildman–Crippen MR) is 118 cm³/mol. The number of aromatic nitrogens is 3. The van der Waals surface area contributed by atoms with Crippen molar-refractivity contribution in [2.75, 3.05) is 0 Å². The molecule has 1 heterocycles. The number of aryl methyl sites for hydroxylation is 1. The molecule has 0 radical (unpaired) electrons. The molecule has 0 N–H and O–H groups in total. The monoisotopic (exact) mass is 455 g/mol. The van der Waals surface area contributed by atoms with Crippen molar-refractivity contribution in [1.82, 2.24) is 14.8 Å². The lowest BCUT2D eigenvalue weighted by atomic mass is 10.1. The predicted octanol–water partition coefficient (Wildman–Crippen LogP) is 6.47. The van der Waals surface area contributed by atoms with E-state index in [4.69, 9.17) is 4.74 Å². The number of para-hydroxylation sites is 1. The maximum absolute atomic E-state index is 13.0. The van der Waals surface area contributed by atoms with Crippen LogP contribution in [0.1, 0.15) is 22.5 Å². The third-order valence-corrected chi connectivity index (χ3v) is 5.73. The third kappa shape index (κ3) is 5.31. The molecule has 0 aliphatic rings. The summed E-state index contributed by atoms with van der Waals surface area (Å²) in [6.07, 6.45) is -4.37. The summed E-state index contributed by atoms with van der Waals surface area (Å²) >= 11 is 1.33. The van der Waals surface area contributed by atoms with E-state index in [1.807, 2.05) is 66.1 Å². The van der Waals surface area contributed by atoms with Gasteiger partial charge in [0, 0.05) is 11.4 Å². The minimum atomic E-state index is -4.37. The Morgan fingerprint density at radius 1 is 0.906 bits per heavy atom. The van der Waals surface area contributed by atoms with E-state index in [1.54, 1.807) is 6.07 Å². The molecular weight excluding hydrogens is 435 g/mol. The minimum absolute atomic E-state index is 0.203. The van der Waals surface area contributed by atoms with Crippen molar-refractivity contribution in [1.29, 1.82) is 0 Å². The number of thioether (sulfide) groups is 1. The molecule has 0 bridgehead atoms. The Kier molecular flexibility index (Phi) is 6.50. The first-order valence-corrected chi connectivity index (χ1v) is 10.9. The normalized spacial score (nSPS) is 11.5. The summed E-state index contributed by atoms with van der Waals surface area (Å²) in [6.45, 7) is 2.21. The third-order valence-electron chi connectivity index (χ3n) is 4.73. The van der Waals surface area contributed by atoms with Crippen LogP contribution >= 0.6 is 11.8 Å². The lowest BCUT2D eigenvalue weighted by molar-refractivity contribution is -0.137. The van der Waals surface area contributed by atoms with Crippen molar-refractivity contribution in [2.24, 2.45) is 0 Å². The summed E-state index contributed by atoms with van der Waals surface area (Å²) in [5.74, 6) is 1.65. The van der Waals surface area contributed by atoms with Crippen molar-refractivity contribution in [3.05, 3.63) is 101 Å². The van der Waals surface area contributed by atoms with Crippen molar-refractivity contribution < 1.29 is 17.9 Å². The number of alkyl halides is 3. The molecule has 32 heavy (non-hydrogen) atoms. The van der Waals surface area contributed by atoms with Crippen LogP contribution in [0.25, 0.3) is 5.69 Å². The molecule has 8 heteroatoms. The first-order chi connectivity index (χ1) is 15.4. The van der Waals surface area contributed by atoms with Gasteiger partial charge in [0.15, 0.2) is 11.0 Å². The molecule has 0 aliphatic carbocycles. The topological polar surface area (TPSA) is 39.9 Å². The van der Waals surface area contributed by atoms with Crippen molar-refractivity contribution in [3.63, 3.8) is 0 Å². The Morgan fingerprint density at radius 2 is 1.66 bits per heavy atom. The van der Waals surface area contributed by atoms with Crippen LogP contribution in [0.3, 0.4) is 0 Å². The molecule has 0 saturated heterocycles. The number of benzene rings is 3. The highest BCUT2D eigenvalue weighted by atomic mass is 32.2. The SMILES string of the molecule is Cc1ccc(OCc2nnc(SCc3cccc(C(F)(F)F)c3)n2-c2ccccc2)cc1. The summed E-state index contributed by atoms with van der Waals surface area (Å²) in [7, 11) is 0. The highest BCUT2D eigenvalue weighted by Gasteiger charge is 2.30. The molecule has 3 aromatic carbocycles. The highest BCUT2D eigenvalue weighted by Crippen LogP contribution is 2.31. The maximum atomic E-state index is 13.0. The van der Waals surface area contributed by atoms with E-state index in [0.29, 0.717) is 22.3 Å². The van der Waals surface area contributed by atoms with Crippen LogP contribution in [0.15, 0.2) is 84.0 Å². The Bertz CT molecular complexity index is 1180. The fourth-order valence-corrected chi connectivity index (χ4v) is 4.01. The van der Waals surface area contributed by atoms with Crippen LogP contribution in [0.5, 0.6) is 5.75 Å². The van der Waals surface area contributed by atoms with Gasteiger partial charge in [-0.15, -0.1) is 10.2 Å². The number of hydrogen-bond donors (Lipinski definition) is 0. The second-order valence-electron chi connectivity index (χ2n) is 7.16. The van der Waals surface area contributed by atoms with Gasteiger partial charge in [0.2, 0.25) is 0 Å². The molecule has 0 spiro atoms. The molecular formula is C24H20F3N3OS. The zero-order valence-electron chi connectivity index (χ0n) is 17.2. The van der Waals surface area contributed by atoms with E-state index in [2.05, 4.69) is 10.2 Å². The molecule has 0 unspecified atom stereocenters. The number of nitrogens with zero attached hydrogens (tertiary/aromatic N) is 3. The van der Waals surface area contributed by atoms with E-state index >= 15 is 0 Å². The molecule has 4 aromatic rings. The quantitative estimate of drug-likeness (QED) is 0.300. The fourth-order valence-electron chi connectivity index (χ4n) is 3.09. The van der Waals surface area contributed by atoms with Crippen molar-refractivity contribution in [2.45, 2.75) is 30.6 Å². The van der Waals surface area contributed by atoms with Crippen LogP contribution in [0, 0.1) is 6.92 Å². The molecule has 0 fully saturated rings. The van der Waals surface area contributed by atoms with Gasteiger partial charge in [-0.1, -0.05) is 65.9 Å². The Morgan fingerprint density at radius 3 is 2.38 bits per heavy atom. The van der Waals surface area contributed by atoms with Gasteiger partial charge in [0.25, 0.3) is 0 Å². The Balaban J connectivity index is 1.56. The summed E-state index contributed by atoms with van der Waals surface area (Å²) < 4.78 is 46.8. The zero-order chi connectivity index (χ0) is 22.6. The van der Waals surface area contributed by atoms with Crippen LogP contribution in [-0.2, 0) is 18.5 Å². The van der Waals surface area contributed by atoms with Gasteiger partial charge in [0.05, 0.1) is 5.56 Å². The van der Waals surface area contributed by atoms with Gasteiger partial charge in [-0.05, 0) is 42.8 Å². The van der Waals surface area contributed by atoms with Crippen LogP contribution in [-0.4, -0.2) is 14.8 Å². The van der Waals surface area contributed by atoms with Crippen molar-refractivity contribution >= 4 is 11.8 Å². The maximum Gasteiger partial charge on any atom is 0.416 e. The average Bonchev–Trinajstić information content (AvgIpc) is 3.20. The molecule has 0 amide bonds. The largest absolute Gasteiger partial charge is 0.486 e. The molecule has 4 nitrogen and oxygen atoms in total. The van der Waals surface area contributed by atoms with E-state index in [-0.39, 0.29) is 6.61 Å². The highest BCUT2D eigenvalue weighted by molar-refractivity contribution is 7.98. The molecule has 0 saturated carbocycles. The van der Waals surface area contributed by atoms with E-state index < -0.39 is 11.7 Å². The second-order valence-corrected chi connectivity index (χ2v) is 8.10. The summed E-state index contributed by atoms with van der Waals surface area (Å²) in [5.41, 5.74) is 1.89. The number of hydrogen-bond acceptors (Lipinski definition) is 4. The smallest absolute Gasteiger partial charge is 0.416 e. The standard InChI is InChI=1S/C24H20F3N3OS/c1-17-10-12-21(13-11-17)31-15-22-28-29-23(30(22)20-8-3-2-4-9-20)32-16-18-6-5-7-19(14-18)24(25,26)27/h2-14H,15-16H2,1H3. The number of halogens is 3. The van der Waals surface area contributed by atoms with Crippen LogP contribution < -0.4 is 4.74 Å². The van der Waals surface area contributed by atoms with E-state index in [0.717, 1.165) is 29.1 Å².